The minimum atomic E-state index is -1.36. The molecule has 7 heterocycles. The number of fused-ring (bicyclic) bond motifs is 9. The second-order valence-corrected chi connectivity index (χ2v) is 16.2. The summed E-state index contributed by atoms with van der Waals surface area (Å²) in [6.45, 7) is 5.28. The van der Waals surface area contributed by atoms with Crippen molar-refractivity contribution in [2.45, 2.75) is 74.6 Å². The van der Waals surface area contributed by atoms with E-state index >= 15 is 0 Å². The van der Waals surface area contributed by atoms with Crippen LogP contribution in [0.15, 0.2) is 18.2 Å². The van der Waals surface area contributed by atoms with Gasteiger partial charge in [0, 0.05) is 53.6 Å². The monoisotopic (exact) mass is 770 g/mol. The number of hydrogen-bond acceptors (Lipinski definition) is 15. The van der Waals surface area contributed by atoms with Crippen LogP contribution in [0.4, 0.5) is 0 Å². The maximum absolute atomic E-state index is 14.7. The van der Waals surface area contributed by atoms with Crippen molar-refractivity contribution in [1.82, 2.24) is 15.1 Å². The highest BCUT2D eigenvalue weighted by Crippen LogP contribution is 2.64. The summed E-state index contributed by atoms with van der Waals surface area (Å²) in [5, 5.41) is 36.9. The van der Waals surface area contributed by atoms with Crippen LogP contribution in [0, 0.1) is 25.2 Å². The Hall–Kier alpha value is -4.88. The predicted molar refractivity (Wildman–Crippen MR) is 198 cm³/mol. The van der Waals surface area contributed by atoms with Crippen molar-refractivity contribution >= 4 is 23.7 Å². The number of benzene rings is 3. The van der Waals surface area contributed by atoms with Crippen molar-refractivity contribution in [2.24, 2.45) is 0 Å². The fourth-order valence-corrected chi connectivity index (χ4v) is 11.9. The number of esters is 2. The highest BCUT2D eigenvalue weighted by atomic mass is 32.2. The number of rotatable bonds is 3. The number of hydrogen-bond donors (Lipinski definition) is 3. The zero-order chi connectivity index (χ0) is 38.7. The van der Waals surface area contributed by atoms with Crippen LogP contribution < -0.4 is 29.0 Å². The summed E-state index contributed by atoms with van der Waals surface area (Å²) >= 11 is 1.48. The zero-order valence-electron chi connectivity index (χ0n) is 31.3. The van der Waals surface area contributed by atoms with Crippen LogP contribution in [0.3, 0.4) is 0 Å². The molecule has 0 radical (unpaired) electrons. The van der Waals surface area contributed by atoms with E-state index in [0.717, 1.165) is 16.7 Å². The first kappa shape index (κ1) is 35.8. The third-order valence-electron chi connectivity index (χ3n) is 12.4. The second kappa shape index (κ2) is 12.8. The number of aryl methyl sites for hydroxylation is 1. The summed E-state index contributed by atoms with van der Waals surface area (Å²) in [4.78, 5) is 32.0. The predicted octanol–water partition coefficient (Wildman–Crippen LogP) is 3.99. The molecule has 3 aromatic carbocycles. The van der Waals surface area contributed by atoms with Gasteiger partial charge >= 0.3 is 11.9 Å². The first-order valence-corrected chi connectivity index (χ1v) is 19.4. The number of ether oxygens (including phenoxy) is 6. The van der Waals surface area contributed by atoms with E-state index in [4.69, 9.17) is 28.4 Å². The molecule has 2 fully saturated rings. The van der Waals surface area contributed by atoms with Gasteiger partial charge in [-0.1, -0.05) is 6.07 Å². The van der Waals surface area contributed by atoms with Gasteiger partial charge in [-0.25, -0.2) is 4.79 Å². The van der Waals surface area contributed by atoms with E-state index in [1.165, 1.54) is 32.9 Å². The van der Waals surface area contributed by atoms with Crippen LogP contribution in [-0.4, -0.2) is 97.0 Å². The Balaban J connectivity index is 1.33. The first-order valence-electron chi connectivity index (χ1n) is 18.3. The maximum Gasteiger partial charge on any atom is 0.331 e. The lowest BCUT2D eigenvalue weighted by molar-refractivity contribution is -0.157. The zero-order valence-corrected chi connectivity index (χ0v) is 32.2. The Bertz CT molecular complexity index is 2220. The number of carbonyl (C=O) groups excluding carboxylic acids is 2. The van der Waals surface area contributed by atoms with E-state index in [0.29, 0.717) is 70.2 Å². The molecule has 7 aliphatic heterocycles. The summed E-state index contributed by atoms with van der Waals surface area (Å²) in [6, 6.07) is 5.28. The van der Waals surface area contributed by atoms with E-state index in [9.17, 15) is 25.1 Å². The largest absolute Gasteiger partial charge is 0.504 e. The van der Waals surface area contributed by atoms with Crippen LogP contribution in [0.5, 0.6) is 40.2 Å². The molecule has 7 aliphatic rings. The van der Waals surface area contributed by atoms with Crippen molar-refractivity contribution in [3.05, 3.63) is 62.7 Å². The molecule has 0 saturated carbocycles. The summed E-state index contributed by atoms with van der Waals surface area (Å²) in [5.41, 5.74) is 4.41. The minimum absolute atomic E-state index is 0.0239. The highest BCUT2D eigenvalue weighted by Gasteiger charge is 2.62. The molecule has 55 heavy (non-hydrogen) atoms. The molecule has 1 spiro atoms. The molecule has 15 heteroatoms. The van der Waals surface area contributed by atoms with Gasteiger partial charge < -0.3 is 38.6 Å². The molecule has 0 aliphatic carbocycles. The van der Waals surface area contributed by atoms with Crippen LogP contribution in [0.2, 0.25) is 0 Å². The number of methoxy groups -OCH3 is 2. The summed E-state index contributed by atoms with van der Waals surface area (Å²) < 4.78 is 36.1. The summed E-state index contributed by atoms with van der Waals surface area (Å²) in [7, 11) is 4.99. The Kier molecular flexibility index (Phi) is 8.36. The minimum Gasteiger partial charge on any atom is -0.504 e. The third-order valence-corrected chi connectivity index (χ3v) is 13.9. The fraction of sp³-hybridized carbons (Fsp3) is 0.475. The average molecular weight is 771 g/mol. The molecule has 7 atom stereocenters. The standard InChI is InChI=1S/C40H42N4O10S/c1-17-9-21-10-23-24(13-41)44-25-14-51-39(48)40(22-12-27(49-5)26(46)11-20(22)7-8-42-40)15-55-38(32(44)31(43(23)4)28(21)33(47)34(17)50-6)30-29(25)37-36(52-16-53-37)18(2)35(30)54-19(3)45/h9,11-12,23-25,31-32,38,42,46-47H,7-8,10,14-16H2,1-6H3. The molecule has 3 N–H and O–H groups in total. The SMILES string of the molecule is COc1cc2c(cc1O)CCNC21CSC2c3c(OC(C)=O)c(C)c4c(c3C(COC1=O)N1C(C#N)C3Cc5cc(C)c(OC)c(O)c5C(C21)N3C)OCO4. The van der Waals surface area contributed by atoms with Gasteiger partial charge in [0.25, 0.3) is 0 Å². The number of aromatic hydroxyl groups is 2. The van der Waals surface area contributed by atoms with Gasteiger partial charge in [0.1, 0.15) is 18.4 Å². The van der Waals surface area contributed by atoms with Crippen molar-refractivity contribution in [3.63, 3.8) is 0 Å². The number of nitriles is 1. The number of likely N-dealkylation sites (N-methyl/N-ethyl adjacent to an activating group) is 1. The average Bonchev–Trinajstić information content (AvgIpc) is 3.65. The number of phenolic OH excluding ortho intramolecular Hbond substituents is 2. The summed E-state index contributed by atoms with van der Waals surface area (Å²) in [5.74, 6) is 0.973. The van der Waals surface area contributed by atoms with E-state index in [1.54, 1.807) is 12.1 Å². The van der Waals surface area contributed by atoms with Gasteiger partial charge in [0.2, 0.25) is 6.79 Å². The van der Waals surface area contributed by atoms with Crippen molar-refractivity contribution in [1.29, 1.82) is 5.26 Å². The molecular weight excluding hydrogens is 729 g/mol. The molecule has 14 nitrogen and oxygen atoms in total. The topological polar surface area (TPSA) is 172 Å². The lowest BCUT2D eigenvalue weighted by atomic mass is 9.71. The number of carbonyl (C=O) groups is 2. The molecule has 288 valence electrons. The van der Waals surface area contributed by atoms with Crippen LogP contribution in [-0.2, 0) is 32.7 Å². The fourth-order valence-electron chi connectivity index (χ4n) is 10.2. The van der Waals surface area contributed by atoms with E-state index in [1.807, 2.05) is 27.0 Å². The van der Waals surface area contributed by atoms with Crippen LogP contribution in [0.1, 0.15) is 68.8 Å². The van der Waals surface area contributed by atoms with Crippen LogP contribution >= 0.6 is 11.8 Å². The Labute approximate surface area is 322 Å². The van der Waals surface area contributed by atoms with Gasteiger partial charge in [-0.15, -0.1) is 11.8 Å². The van der Waals surface area contributed by atoms with Crippen molar-refractivity contribution < 1.29 is 48.2 Å². The molecule has 3 aromatic rings. The third kappa shape index (κ3) is 4.90. The number of phenols is 2. The second-order valence-electron chi connectivity index (χ2n) is 15.1. The molecule has 4 bridgehead atoms. The van der Waals surface area contributed by atoms with Crippen molar-refractivity contribution in [3.8, 4) is 46.3 Å². The van der Waals surface area contributed by atoms with E-state index in [-0.39, 0.29) is 42.4 Å². The van der Waals surface area contributed by atoms with Gasteiger partial charge in [-0.05, 0) is 68.1 Å². The first-order chi connectivity index (χ1) is 26.4. The van der Waals surface area contributed by atoms with Crippen molar-refractivity contribution in [2.75, 3.05) is 47.0 Å². The number of thioether (sulfide) groups is 1. The molecule has 10 rings (SSSR count). The lowest BCUT2D eigenvalue weighted by Crippen LogP contribution is -2.69. The van der Waals surface area contributed by atoms with E-state index in [2.05, 4.69) is 21.2 Å². The number of nitrogens with one attached hydrogen (secondary N) is 1. The van der Waals surface area contributed by atoms with Gasteiger partial charge in [0.05, 0.1) is 37.6 Å². The lowest BCUT2D eigenvalue weighted by Gasteiger charge is -2.62. The van der Waals surface area contributed by atoms with Crippen LogP contribution in [0.25, 0.3) is 0 Å². The smallest absolute Gasteiger partial charge is 0.331 e. The number of nitrogens with zero attached hydrogens (tertiary/aromatic N) is 3. The molecule has 0 aromatic heterocycles. The molecule has 0 amide bonds. The Morgan fingerprint density at radius 1 is 1.05 bits per heavy atom. The highest BCUT2D eigenvalue weighted by molar-refractivity contribution is 7.99. The normalized spacial score (nSPS) is 28.9. The molecular formula is C40H42N4O10S. The Morgan fingerprint density at radius 3 is 2.56 bits per heavy atom. The quantitative estimate of drug-likeness (QED) is 0.258. The summed E-state index contributed by atoms with van der Waals surface area (Å²) in [6.07, 6.45) is 1.05. The van der Waals surface area contributed by atoms with Gasteiger partial charge in [-0.3, -0.25) is 19.9 Å². The molecule has 2 saturated heterocycles. The van der Waals surface area contributed by atoms with Gasteiger partial charge in [-0.2, -0.15) is 5.26 Å². The number of piperazine rings is 1. The van der Waals surface area contributed by atoms with E-state index < -0.39 is 46.9 Å². The van der Waals surface area contributed by atoms with Gasteiger partial charge in [0.15, 0.2) is 40.0 Å². The maximum atomic E-state index is 14.7. The Morgan fingerprint density at radius 2 is 1.84 bits per heavy atom. The molecule has 7 unspecified atom stereocenters.